The molecule has 0 aliphatic heterocycles. The largest absolute Gasteiger partial charge is 0.469 e. The van der Waals surface area contributed by atoms with Crippen LogP contribution >= 0.6 is 7.82 Å². The molecule has 0 aromatic carbocycles. The first-order valence-corrected chi connectivity index (χ1v) is 11.6. The zero-order valence-electron chi connectivity index (χ0n) is 16.8. The van der Waals surface area contributed by atoms with Crippen molar-refractivity contribution < 1.29 is 38.9 Å². The van der Waals surface area contributed by atoms with Gasteiger partial charge in [-0.2, -0.15) is 0 Å². The number of aliphatic hydroxyl groups is 3. The van der Waals surface area contributed by atoms with Crippen LogP contribution in [0.25, 0.3) is 0 Å². The maximum Gasteiger partial charge on any atom is 0.469 e. The van der Waals surface area contributed by atoms with Gasteiger partial charge in [-0.25, -0.2) is 4.57 Å². The van der Waals surface area contributed by atoms with E-state index in [1.807, 2.05) is 0 Å². The van der Waals surface area contributed by atoms with E-state index in [-0.39, 0.29) is 0 Å². The van der Waals surface area contributed by atoms with Crippen molar-refractivity contribution in [3.05, 3.63) is 0 Å². The molecule has 8 nitrogen and oxygen atoms in total. The normalized spacial score (nSPS) is 15.1. The maximum atomic E-state index is 10.7. The molecule has 0 aromatic heterocycles. The molecule has 27 heavy (non-hydrogen) atoms. The number of rotatable bonds is 18. The van der Waals surface area contributed by atoms with Gasteiger partial charge in [-0.15, -0.1) is 0 Å². The standard InChI is InChI=1S/C18H39O8P/c1-3-5-6-7-8-9-10-11-12-13-14-25-16(4-2)17(19)18(20,21)15-26-27(22,23)24/h16-17,19-21H,3-15H2,1-2H3,(H2,22,23,24). The highest BCUT2D eigenvalue weighted by Gasteiger charge is 2.40. The van der Waals surface area contributed by atoms with E-state index in [1.54, 1.807) is 6.92 Å². The van der Waals surface area contributed by atoms with E-state index < -0.39 is 32.4 Å². The fraction of sp³-hybridized carbons (Fsp3) is 1.00. The van der Waals surface area contributed by atoms with Gasteiger partial charge in [-0.05, 0) is 12.8 Å². The number of hydrogen-bond acceptors (Lipinski definition) is 6. The van der Waals surface area contributed by atoms with Gasteiger partial charge in [0.25, 0.3) is 0 Å². The van der Waals surface area contributed by atoms with E-state index in [2.05, 4.69) is 11.4 Å². The molecule has 0 saturated carbocycles. The predicted octanol–water partition coefficient (Wildman–Crippen LogP) is 2.85. The molecule has 9 heteroatoms. The summed E-state index contributed by atoms with van der Waals surface area (Å²) in [6, 6.07) is 0. The van der Waals surface area contributed by atoms with Gasteiger partial charge < -0.3 is 29.8 Å². The van der Waals surface area contributed by atoms with Crippen LogP contribution in [-0.2, 0) is 13.8 Å². The summed E-state index contributed by atoms with van der Waals surface area (Å²) in [7, 11) is -4.86. The Balaban J connectivity index is 3.91. The van der Waals surface area contributed by atoms with E-state index >= 15 is 0 Å². The van der Waals surface area contributed by atoms with Crippen LogP contribution < -0.4 is 0 Å². The highest BCUT2D eigenvalue weighted by Crippen LogP contribution is 2.37. The van der Waals surface area contributed by atoms with Crippen molar-refractivity contribution in [2.75, 3.05) is 13.2 Å². The Bertz CT molecular complexity index is 399. The minimum atomic E-state index is -4.86. The molecule has 5 N–H and O–H groups in total. The lowest BCUT2D eigenvalue weighted by Gasteiger charge is -2.32. The second-order valence-corrected chi connectivity index (χ2v) is 8.33. The SMILES string of the molecule is CCCCCCCCCCCCOC(CC)C(O)C(O)(O)COP(=O)(O)O. The Morgan fingerprint density at radius 3 is 1.81 bits per heavy atom. The molecule has 0 bridgehead atoms. The van der Waals surface area contributed by atoms with Crippen LogP contribution in [0, 0.1) is 0 Å². The van der Waals surface area contributed by atoms with Crippen molar-refractivity contribution in [3.8, 4) is 0 Å². The molecule has 0 radical (unpaired) electrons. The molecule has 0 aliphatic carbocycles. The molecular formula is C18H39O8P. The van der Waals surface area contributed by atoms with Crippen LogP contribution in [-0.4, -0.2) is 56.3 Å². The van der Waals surface area contributed by atoms with Gasteiger partial charge >= 0.3 is 7.82 Å². The van der Waals surface area contributed by atoms with Gasteiger partial charge in [0, 0.05) is 6.61 Å². The Labute approximate surface area is 163 Å². The van der Waals surface area contributed by atoms with Crippen molar-refractivity contribution in [3.63, 3.8) is 0 Å². The summed E-state index contributed by atoms with van der Waals surface area (Å²) in [4.78, 5) is 17.3. The van der Waals surface area contributed by atoms with Gasteiger partial charge in [0.15, 0.2) is 0 Å². The summed E-state index contributed by atoms with van der Waals surface area (Å²) in [6.45, 7) is 3.19. The van der Waals surface area contributed by atoms with Crippen LogP contribution in [0.5, 0.6) is 0 Å². The second-order valence-electron chi connectivity index (χ2n) is 7.09. The number of phosphoric ester groups is 1. The van der Waals surface area contributed by atoms with Crippen molar-refractivity contribution in [2.45, 2.75) is 102 Å². The Hall–Kier alpha value is -0.0500. The van der Waals surface area contributed by atoms with Gasteiger partial charge in [0.2, 0.25) is 5.79 Å². The van der Waals surface area contributed by atoms with E-state index in [0.717, 1.165) is 19.3 Å². The van der Waals surface area contributed by atoms with Gasteiger partial charge in [-0.3, -0.25) is 4.52 Å². The number of aliphatic hydroxyl groups excluding tert-OH is 1. The topological polar surface area (TPSA) is 137 Å². The molecule has 0 fully saturated rings. The molecular weight excluding hydrogens is 375 g/mol. The lowest BCUT2D eigenvalue weighted by Crippen LogP contribution is -2.52. The fourth-order valence-electron chi connectivity index (χ4n) is 2.82. The summed E-state index contributed by atoms with van der Waals surface area (Å²) >= 11 is 0. The Kier molecular flexibility index (Phi) is 14.9. The van der Waals surface area contributed by atoms with Crippen LogP contribution in [0.15, 0.2) is 0 Å². The first-order valence-electron chi connectivity index (χ1n) is 10.1. The third-order valence-corrected chi connectivity index (χ3v) is 4.97. The monoisotopic (exact) mass is 414 g/mol. The summed E-state index contributed by atoms with van der Waals surface area (Å²) in [5.41, 5.74) is 0. The second kappa shape index (κ2) is 14.9. The molecule has 2 unspecified atom stereocenters. The van der Waals surface area contributed by atoms with Gasteiger partial charge in [0.1, 0.15) is 12.7 Å². The molecule has 0 heterocycles. The number of phosphoric acid groups is 1. The lowest BCUT2D eigenvalue weighted by molar-refractivity contribution is -0.265. The minimum absolute atomic E-state index is 0.317. The highest BCUT2D eigenvalue weighted by molar-refractivity contribution is 7.46. The van der Waals surface area contributed by atoms with Crippen LogP contribution in [0.3, 0.4) is 0 Å². The third kappa shape index (κ3) is 14.6. The smallest absolute Gasteiger partial charge is 0.385 e. The van der Waals surface area contributed by atoms with E-state index in [9.17, 15) is 19.9 Å². The fourth-order valence-corrected chi connectivity index (χ4v) is 3.18. The Morgan fingerprint density at radius 2 is 1.37 bits per heavy atom. The maximum absolute atomic E-state index is 10.7. The van der Waals surface area contributed by atoms with E-state index in [0.29, 0.717) is 13.0 Å². The molecule has 0 aromatic rings. The van der Waals surface area contributed by atoms with Gasteiger partial charge in [0.05, 0.1) is 6.10 Å². The zero-order chi connectivity index (χ0) is 20.8. The van der Waals surface area contributed by atoms with Crippen LogP contribution in [0.2, 0.25) is 0 Å². The first kappa shape index (κ1) is 27.0. The number of hydrogen-bond donors (Lipinski definition) is 5. The Morgan fingerprint density at radius 1 is 0.889 bits per heavy atom. The van der Waals surface area contributed by atoms with Crippen molar-refractivity contribution >= 4 is 7.82 Å². The molecule has 0 rings (SSSR count). The van der Waals surface area contributed by atoms with Gasteiger partial charge in [-0.1, -0.05) is 71.6 Å². The van der Waals surface area contributed by atoms with Crippen molar-refractivity contribution in [1.29, 1.82) is 0 Å². The summed E-state index contributed by atoms with van der Waals surface area (Å²) < 4.78 is 20.3. The average Bonchev–Trinajstić information content (AvgIpc) is 2.60. The average molecular weight is 414 g/mol. The molecule has 0 aliphatic rings. The molecule has 2 atom stereocenters. The summed E-state index contributed by atoms with van der Waals surface area (Å²) in [5, 5.41) is 29.6. The van der Waals surface area contributed by atoms with Crippen molar-refractivity contribution in [2.24, 2.45) is 0 Å². The van der Waals surface area contributed by atoms with E-state index in [4.69, 9.17) is 14.5 Å². The number of ether oxygens (including phenoxy) is 1. The quantitative estimate of drug-likeness (QED) is 0.131. The minimum Gasteiger partial charge on any atom is -0.385 e. The van der Waals surface area contributed by atoms with Crippen LogP contribution in [0.1, 0.15) is 84.5 Å². The lowest BCUT2D eigenvalue weighted by atomic mass is 10.0. The summed E-state index contributed by atoms with van der Waals surface area (Å²) in [6.07, 6.45) is 9.59. The summed E-state index contributed by atoms with van der Waals surface area (Å²) in [5.74, 6) is -2.81. The predicted molar refractivity (Wildman–Crippen MR) is 103 cm³/mol. The molecule has 0 amide bonds. The molecule has 0 spiro atoms. The number of unbranched alkanes of at least 4 members (excludes halogenated alkanes) is 9. The van der Waals surface area contributed by atoms with E-state index in [1.165, 1.54) is 44.9 Å². The van der Waals surface area contributed by atoms with Crippen molar-refractivity contribution in [1.82, 2.24) is 0 Å². The zero-order valence-corrected chi connectivity index (χ0v) is 17.6. The highest BCUT2D eigenvalue weighted by atomic mass is 31.2. The molecule has 164 valence electrons. The molecule has 0 saturated heterocycles. The third-order valence-electron chi connectivity index (χ3n) is 4.50. The first-order chi connectivity index (χ1) is 12.6. The van der Waals surface area contributed by atoms with Crippen LogP contribution in [0.4, 0.5) is 0 Å².